The van der Waals surface area contributed by atoms with Gasteiger partial charge in [0.2, 0.25) is 0 Å². The molecule has 0 atom stereocenters. The molecule has 6 nitrogen and oxygen atoms in total. The molecule has 1 aromatic carbocycles. The molecule has 3 rings (SSSR count). The second-order valence-corrected chi connectivity index (χ2v) is 5.17. The van der Waals surface area contributed by atoms with Crippen LogP contribution < -0.4 is 0 Å². The van der Waals surface area contributed by atoms with Gasteiger partial charge in [0, 0.05) is 24.5 Å². The van der Waals surface area contributed by atoms with Crippen molar-refractivity contribution in [1.82, 2.24) is 19.6 Å². The minimum Gasteiger partial charge on any atom is -0.478 e. The lowest BCUT2D eigenvalue weighted by Crippen LogP contribution is -2.03. The van der Waals surface area contributed by atoms with Crippen LogP contribution in [0.25, 0.3) is 11.3 Å². The number of hydrogen-bond donors (Lipinski definition) is 1. The summed E-state index contributed by atoms with van der Waals surface area (Å²) in [5, 5.41) is 17.8. The van der Waals surface area contributed by atoms with E-state index in [1.807, 2.05) is 37.0 Å². The summed E-state index contributed by atoms with van der Waals surface area (Å²) in [4.78, 5) is 11.0. The summed E-state index contributed by atoms with van der Waals surface area (Å²) in [6.45, 7) is 2.53. The molecule has 0 fully saturated rings. The van der Waals surface area contributed by atoms with Crippen LogP contribution in [0, 0.1) is 6.92 Å². The van der Waals surface area contributed by atoms with Crippen molar-refractivity contribution in [1.29, 1.82) is 0 Å². The highest BCUT2D eigenvalue weighted by Gasteiger charge is 2.10. The van der Waals surface area contributed by atoms with Crippen LogP contribution >= 0.6 is 0 Å². The maximum atomic E-state index is 11.0. The van der Waals surface area contributed by atoms with E-state index in [-0.39, 0.29) is 5.56 Å². The zero-order chi connectivity index (χ0) is 15.7. The molecule has 0 spiro atoms. The summed E-state index contributed by atoms with van der Waals surface area (Å²) in [5.41, 5.74) is 4.10. The number of aromatic nitrogens is 4. The summed E-state index contributed by atoms with van der Waals surface area (Å²) in [7, 11) is 1.90. The van der Waals surface area contributed by atoms with E-state index in [9.17, 15) is 4.79 Å². The fraction of sp³-hybridized carbons (Fsp3) is 0.188. The van der Waals surface area contributed by atoms with Crippen LogP contribution in [-0.4, -0.2) is 30.6 Å². The van der Waals surface area contributed by atoms with E-state index >= 15 is 0 Å². The Balaban J connectivity index is 1.84. The molecule has 0 aliphatic carbocycles. The third-order valence-electron chi connectivity index (χ3n) is 3.67. The monoisotopic (exact) mass is 296 g/mol. The van der Waals surface area contributed by atoms with Crippen LogP contribution in [-0.2, 0) is 13.6 Å². The van der Waals surface area contributed by atoms with Crippen molar-refractivity contribution in [3.8, 4) is 11.3 Å². The topological polar surface area (TPSA) is 72.9 Å². The first kappa shape index (κ1) is 14.1. The lowest BCUT2D eigenvalue weighted by atomic mass is 10.1. The molecule has 0 saturated heterocycles. The molecule has 3 aromatic rings. The first-order valence-corrected chi connectivity index (χ1v) is 6.89. The molecule has 0 saturated carbocycles. The third-order valence-corrected chi connectivity index (χ3v) is 3.67. The maximum Gasteiger partial charge on any atom is 0.335 e. The smallest absolute Gasteiger partial charge is 0.335 e. The van der Waals surface area contributed by atoms with Crippen molar-refractivity contribution in [2.45, 2.75) is 13.5 Å². The Morgan fingerprint density at radius 2 is 2.14 bits per heavy atom. The first-order chi connectivity index (χ1) is 10.5. The van der Waals surface area contributed by atoms with Gasteiger partial charge in [-0.2, -0.15) is 10.2 Å². The zero-order valence-electron chi connectivity index (χ0n) is 12.4. The number of aryl methyl sites for hydroxylation is 1. The van der Waals surface area contributed by atoms with Crippen LogP contribution in [0.5, 0.6) is 0 Å². The van der Waals surface area contributed by atoms with Crippen LogP contribution in [0.15, 0.2) is 42.7 Å². The molecule has 1 N–H and O–H groups in total. The van der Waals surface area contributed by atoms with E-state index in [0.717, 1.165) is 22.5 Å². The maximum absolute atomic E-state index is 11.0. The van der Waals surface area contributed by atoms with E-state index in [1.54, 1.807) is 29.1 Å². The van der Waals surface area contributed by atoms with Gasteiger partial charge >= 0.3 is 5.97 Å². The number of nitrogens with zero attached hydrogens (tertiary/aromatic N) is 4. The molecule has 0 radical (unpaired) electrons. The average Bonchev–Trinajstić information content (AvgIpc) is 3.07. The standard InChI is InChI=1S/C16H16N4O2/c1-11-14(9-17-19(11)2)15-6-7-20(18-15)10-12-4-3-5-13(8-12)16(21)22/h3-9H,10H2,1-2H3,(H,21,22). The van der Waals surface area contributed by atoms with Crippen molar-refractivity contribution in [3.63, 3.8) is 0 Å². The summed E-state index contributed by atoms with van der Waals surface area (Å²) in [5.74, 6) is -0.922. The van der Waals surface area contributed by atoms with Gasteiger partial charge in [0.25, 0.3) is 0 Å². The first-order valence-electron chi connectivity index (χ1n) is 6.89. The molecular weight excluding hydrogens is 280 g/mol. The lowest BCUT2D eigenvalue weighted by molar-refractivity contribution is 0.0696. The van der Waals surface area contributed by atoms with Gasteiger partial charge in [-0.1, -0.05) is 12.1 Å². The predicted octanol–water partition coefficient (Wildman–Crippen LogP) is 2.34. The van der Waals surface area contributed by atoms with Crippen molar-refractivity contribution in [2.75, 3.05) is 0 Å². The van der Waals surface area contributed by atoms with Gasteiger partial charge in [-0.25, -0.2) is 4.79 Å². The van der Waals surface area contributed by atoms with E-state index in [4.69, 9.17) is 5.11 Å². The Morgan fingerprint density at radius 1 is 1.32 bits per heavy atom. The Hall–Kier alpha value is -2.89. The van der Waals surface area contributed by atoms with Crippen molar-refractivity contribution >= 4 is 5.97 Å². The fourth-order valence-corrected chi connectivity index (χ4v) is 2.33. The highest BCUT2D eigenvalue weighted by molar-refractivity contribution is 5.87. The van der Waals surface area contributed by atoms with Gasteiger partial charge in [-0.15, -0.1) is 0 Å². The fourth-order valence-electron chi connectivity index (χ4n) is 2.33. The number of carboxylic acid groups (broad SMARTS) is 1. The van der Waals surface area contributed by atoms with Gasteiger partial charge in [0.1, 0.15) is 0 Å². The number of benzene rings is 1. The normalized spacial score (nSPS) is 10.8. The largest absolute Gasteiger partial charge is 0.478 e. The number of carboxylic acids is 1. The molecule has 2 heterocycles. The van der Waals surface area contributed by atoms with Gasteiger partial charge < -0.3 is 5.11 Å². The van der Waals surface area contributed by atoms with Crippen LogP contribution in [0.3, 0.4) is 0 Å². The second-order valence-electron chi connectivity index (χ2n) is 5.17. The van der Waals surface area contributed by atoms with Gasteiger partial charge in [0.05, 0.1) is 24.0 Å². The molecule has 0 bridgehead atoms. The molecular formula is C16H16N4O2. The molecule has 0 aliphatic heterocycles. The van der Waals surface area contributed by atoms with E-state index in [1.165, 1.54) is 0 Å². The highest BCUT2D eigenvalue weighted by Crippen LogP contribution is 2.20. The second kappa shape index (κ2) is 5.48. The zero-order valence-corrected chi connectivity index (χ0v) is 12.4. The summed E-state index contributed by atoms with van der Waals surface area (Å²) in [6.07, 6.45) is 3.68. The Morgan fingerprint density at radius 3 is 2.82 bits per heavy atom. The lowest BCUT2D eigenvalue weighted by Gasteiger charge is -2.03. The SMILES string of the molecule is Cc1c(-c2ccn(Cc3cccc(C(=O)O)c3)n2)cnn1C. The van der Waals surface area contributed by atoms with Crippen LogP contribution in [0.2, 0.25) is 0 Å². The van der Waals surface area contributed by atoms with Crippen molar-refractivity contribution in [3.05, 3.63) is 59.5 Å². The quantitative estimate of drug-likeness (QED) is 0.802. The highest BCUT2D eigenvalue weighted by atomic mass is 16.4. The molecule has 0 unspecified atom stereocenters. The number of rotatable bonds is 4. The predicted molar refractivity (Wildman–Crippen MR) is 81.7 cm³/mol. The molecule has 22 heavy (non-hydrogen) atoms. The molecule has 0 amide bonds. The molecule has 0 aliphatic rings. The number of aromatic carboxylic acids is 1. The molecule has 112 valence electrons. The minimum absolute atomic E-state index is 0.285. The number of hydrogen-bond acceptors (Lipinski definition) is 3. The molecule has 2 aromatic heterocycles. The van der Waals surface area contributed by atoms with Crippen molar-refractivity contribution < 1.29 is 9.90 Å². The van der Waals surface area contributed by atoms with Gasteiger partial charge in [0.15, 0.2) is 0 Å². The van der Waals surface area contributed by atoms with E-state index in [2.05, 4.69) is 10.2 Å². The summed E-state index contributed by atoms with van der Waals surface area (Å²) >= 11 is 0. The van der Waals surface area contributed by atoms with Gasteiger partial charge in [-0.3, -0.25) is 9.36 Å². The van der Waals surface area contributed by atoms with E-state index in [0.29, 0.717) is 6.54 Å². The Bertz CT molecular complexity index is 832. The third kappa shape index (κ3) is 2.63. The number of carbonyl (C=O) groups is 1. The average molecular weight is 296 g/mol. The minimum atomic E-state index is -0.922. The van der Waals surface area contributed by atoms with Crippen molar-refractivity contribution in [2.24, 2.45) is 7.05 Å². The Kier molecular flexibility index (Phi) is 3.50. The van der Waals surface area contributed by atoms with Crippen LogP contribution in [0.4, 0.5) is 0 Å². The molecule has 6 heteroatoms. The van der Waals surface area contributed by atoms with E-state index < -0.39 is 5.97 Å². The summed E-state index contributed by atoms with van der Waals surface area (Å²) < 4.78 is 3.60. The van der Waals surface area contributed by atoms with Crippen LogP contribution in [0.1, 0.15) is 21.6 Å². The van der Waals surface area contributed by atoms with Gasteiger partial charge in [-0.05, 0) is 30.7 Å². The summed E-state index contributed by atoms with van der Waals surface area (Å²) in [6, 6.07) is 8.82. The Labute approximate surface area is 127 Å².